The van der Waals surface area contributed by atoms with E-state index in [0.717, 1.165) is 10.5 Å². The van der Waals surface area contributed by atoms with Crippen molar-refractivity contribution in [2.45, 2.75) is 24.4 Å². The molecule has 2 fully saturated rings. The molecule has 0 aromatic heterocycles. The molecule has 4 rings (SSSR count). The van der Waals surface area contributed by atoms with E-state index in [1.807, 2.05) is 0 Å². The molecule has 142 valence electrons. The lowest BCUT2D eigenvalue weighted by Crippen LogP contribution is -2.47. The van der Waals surface area contributed by atoms with Gasteiger partial charge in [-0.3, -0.25) is 4.79 Å². The predicted octanol–water partition coefficient (Wildman–Crippen LogP) is 3.35. The number of amides is 3. The Morgan fingerprint density at radius 1 is 1.14 bits per heavy atom. The summed E-state index contributed by atoms with van der Waals surface area (Å²) in [5.41, 5.74) is 6.79. The maximum Gasteiger partial charge on any atom is 0.332 e. The van der Waals surface area contributed by atoms with Crippen molar-refractivity contribution in [1.29, 1.82) is 5.26 Å². The summed E-state index contributed by atoms with van der Waals surface area (Å²) in [6, 6.07) is 13.0. The zero-order valence-corrected chi connectivity index (χ0v) is 16.2. The summed E-state index contributed by atoms with van der Waals surface area (Å²) < 4.78 is 0. The summed E-state index contributed by atoms with van der Waals surface area (Å²) >= 11 is 12.1. The zero-order valence-electron chi connectivity index (χ0n) is 14.7. The standard InChI is InChI=1S/C20H16Cl2N4O2/c21-14-5-15(22)7-17(6-14)26-18(27)20(9-16(24)11-25(20)19(26)28)8-12-1-3-13(10-23)4-2-12/h1-7,16H,8-9,11,24H2/t16-,20-/m0/s1. The van der Waals surface area contributed by atoms with E-state index in [0.29, 0.717) is 40.7 Å². The Balaban J connectivity index is 1.74. The van der Waals surface area contributed by atoms with E-state index >= 15 is 0 Å². The second kappa shape index (κ2) is 6.78. The average molecular weight is 415 g/mol. The Bertz CT molecular complexity index is 998. The summed E-state index contributed by atoms with van der Waals surface area (Å²) in [4.78, 5) is 29.3. The van der Waals surface area contributed by atoms with Gasteiger partial charge in [0.05, 0.1) is 17.3 Å². The molecule has 6 nitrogen and oxygen atoms in total. The highest BCUT2D eigenvalue weighted by atomic mass is 35.5. The van der Waals surface area contributed by atoms with Gasteiger partial charge in [0.25, 0.3) is 5.91 Å². The van der Waals surface area contributed by atoms with Gasteiger partial charge in [0.15, 0.2) is 0 Å². The van der Waals surface area contributed by atoms with Crippen molar-refractivity contribution < 1.29 is 9.59 Å². The van der Waals surface area contributed by atoms with Crippen molar-refractivity contribution in [3.05, 3.63) is 63.6 Å². The van der Waals surface area contributed by atoms with E-state index in [9.17, 15) is 9.59 Å². The van der Waals surface area contributed by atoms with E-state index in [1.54, 1.807) is 47.4 Å². The summed E-state index contributed by atoms with van der Waals surface area (Å²) in [6.07, 6.45) is 0.685. The number of nitriles is 1. The first-order chi connectivity index (χ1) is 13.3. The average Bonchev–Trinajstić information content (AvgIpc) is 3.07. The Morgan fingerprint density at radius 2 is 1.79 bits per heavy atom. The van der Waals surface area contributed by atoms with Crippen molar-refractivity contribution in [2.75, 3.05) is 11.4 Å². The fourth-order valence-electron chi connectivity index (χ4n) is 4.07. The van der Waals surface area contributed by atoms with E-state index in [1.165, 1.54) is 0 Å². The predicted molar refractivity (Wildman–Crippen MR) is 106 cm³/mol. The number of carbonyl (C=O) groups is 2. The molecule has 0 bridgehead atoms. The van der Waals surface area contributed by atoms with Crippen LogP contribution in [0.25, 0.3) is 0 Å². The Morgan fingerprint density at radius 3 is 2.39 bits per heavy atom. The number of hydrogen-bond acceptors (Lipinski definition) is 4. The highest BCUT2D eigenvalue weighted by Crippen LogP contribution is 2.42. The molecule has 2 aliphatic rings. The second-order valence-electron chi connectivity index (χ2n) is 7.14. The van der Waals surface area contributed by atoms with Gasteiger partial charge in [-0.15, -0.1) is 0 Å². The van der Waals surface area contributed by atoms with E-state index in [4.69, 9.17) is 34.2 Å². The number of nitrogens with two attached hydrogens (primary N) is 1. The highest BCUT2D eigenvalue weighted by molar-refractivity contribution is 6.35. The van der Waals surface area contributed by atoms with Gasteiger partial charge in [0.1, 0.15) is 5.54 Å². The van der Waals surface area contributed by atoms with Crippen molar-refractivity contribution in [3.8, 4) is 6.07 Å². The van der Waals surface area contributed by atoms with Crippen LogP contribution in [0.4, 0.5) is 10.5 Å². The van der Waals surface area contributed by atoms with Gasteiger partial charge in [-0.2, -0.15) is 5.26 Å². The van der Waals surface area contributed by atoms with Crippen LogP contribution in [0.2, 0.25) is 10.0 Å². The third-order valence-corrected chi connectivity index (χ3v) is 5.68. The zero-order chi connectivity index (χ0) is 20.1. The molecule has 2 aliphatic heterocycles. The van der Waals surface area contributed by atoms with E-state index in [2.05, 4.69) is 6.07 Å². The first-order valence-corrected chi connectivity index (χ1v) is 9.46. The van der Waals surface area contributed by atoms with Crippen LogP contribution in [0, 0.1) is 11.3 Å². The van der Waals surface area contributed by atoms with Gasteiger partial charge in [-0.25, -0.2) is 9.69 Å². The number of halogens is 2. The number of anilines is 1. The SMILES string of the molecule is N#Cc1ccc(C[C@@]23C[C@H](N)CN2C(=O)N(c2cc(Cl)cc(Cl)c2)C3=O)cc1. The first kappa shape index (κ1) is 18.8. The summed E-state index contributed by atoms with van der Waals surface area (Å²) in [6.45, 7) is 0.297. The number of carbonyl (C=O) groups excluding carboxylic acids is 2. The molecule has 2 aromatic rings. The van der Waals surface area contributed by atoms with Crippen LogP contribution in [0.5, 0.6) is 0 Å². The Hall–Kier alpha value is -2.59. The van der Waals surface area contributed by atoms with Gasteiger partial charge in [0, 0.05) is 29.1 Å². The maximum absolute atomic E-state index is 13.5. The van der Waals surface area contributed by atoms with Crippen molar-refractivity contribution >= 4 is 40.8 Å². The van der Waals surface area contributed by atoms with Gasteiger partial charge < -0.3 is 10.6 Å². The minimum atomic E-state index is -1.06. The quantitative estimate of drug-likeness (QED) is 0.779. The Kier molecular flexibility index (Phi) is 4.54. The first-order valence-electron chi connectivity index (χ1n) is 8.71. The molecule has 0 saturated carbocycles. The lowest BCUT2D eigenvalue weighted by atomic mass is 9.87. The minimum absolute atomic E-state index is 0.281. The van der Waals surface area contributed by atoms with Crippen molar-refractivity contribution in [1.82, 2.24) is 4.90 Å². The number of fused-ring (bicyclic) bond motifs is 1. The van der Waals surface area contributed by atoms with Crippen LogP contribution < -0.4 is 10.6 Å². The van der Waals surface area contributed by atoms with Crippen molar-refractivity contribution in [2.24, 2.45) is 5.73 Å². The molecule has 3 amide bonds. The molecule has 2 atom stereocenters. The van der Waals surface area contributed by atoms with Crippen LogP contribution in [-0.4, -0.2) is 35.0 Å². The fourth-order valence-corrected chi connectivity index (χ4v) is 4.59. The minimum Gasteiger partial charge on any atom is -0.326 e. The molecule has 8 heteroatoms. The molecule has 2 heterocycles. The Labute approximate surface area is 172 Å². The molecular formula is C20H16Cl2N4O2. The van der Waals surface area contributed by atoms with Crippen LogP contribution in [-0.2, 0) is 11.2 Å². The number of urea groups is 1. The van der Waals surface area contributed by atoms with Crippen LogP contribution in [0.1, 0.15) is 17.5 Å². The largest absolute Gasteiger partial charge is 0.332 e. The van der Waals surface area contributed by atoms with E-state index in [-0.39, 0.29) is 11.9 Å². The van der Waals surface area contributed by atoms with Gasteiger partial charge in [-0.05, 0) is 42.3 Å². The highest BCUT2D eigenvalue weighted by Gasteiger charge is 2.61. The number of imide groups is 1. The van der Waals surface area contributed by atoms with Gasteiger partial charge in [-0.1, -0.05) is 35.3 Å². The number of hydrogen-bond donors (Lipinski definition) is 1. The number of benzene rings is 2. The number of rotatable bonds is 3. The lowest BCUT2D eigenvalue weighted by Gasteiger charge is -2.28. The lowest BCUT2D eigenvalue weighted by molar-refractivity contribution is -0.124. The van der Waals surface area contributed by atoms with Crippen LogP contribution >= 0.6 is 23.2 Å². The van der Waals surface area contributed by atoms with Crippen molar-refractivity contribution in [3.63, 3.8) is 0 Å². The fraction of sp³-hybridized carbons (Fsp3) is 0.250. The summed E-state index contributed by atoms with van der Waals surface area (Å²) in [7, 11) is 0. The normalized spacial score (nSPS) is 23.9. The molecular weight excluding hydrogens is 399 g/mol. The van der Waals surface area contributed by atoms with Crippen LogP contribution in [0.15, 0.2) is 42.5 Å². The molecule has 0 aliphatic carbocycles. The molecule has 28 heavy (non-hydrogen) atoms. The van der Waals surface area contributed by atoms with Gasteiger partial charge >= 0.3 is 6.03 Å². The monoisotopic (exact) mass is 414 g/mol. The molecule has 0 unspecified atom stereocenters. The summed E-state index contributed by atoms with van der Waals surface area (Å²) in [5, 5.41) is 9.66. The molecule has 2 N–H and O–H groups in total. The third-order valence-electron chi connectivity index (χ3n) is 5.24. The molecule has 2 saturated heterocycles. The van der Waals surface area contributed by atoms with Gasteiger partial charge in [0.2, 0.25) is 0 Å². The molecule has 0 radical (unpaired) electrons. The van der Waals surface area contributed by atoms with E-state index < -0.39 is 11.6 Å². The molecule has 2 aromatic carbocycles. The molecule has 0 spiro atoms. The second-order valence-corrected chi connectivity index (χ2v) is 8.02. The maximum atomic E-state index is 13.5. The smallest absolute Gasteiger partial charge is 0.326 e. The third kappa shape index (κ3) is 2.92. The number of nitrogens with zero attached hydrogens (tertiary/aromatic N) is 3. The topological polar surface area (TPSA) is 90.4 Å². The van der Waals surface area contributed by atoms with Crippen LogP contribution in [0.3, 0.4) is 0 Å². The summed E-state index contributed by atoms with van der Waals surface area (Å²) in [5.74, 6) is -0.340.